The Bertz CT molecular complexity index is 500. The Labute approximate surface area is 183 Å². The fourth-order valence-corrected chi connectivity index (χ4v) is 3.78. The van der Waals surface area contributed by atoms with Gasteiger partial charge in [-0.2, -0.15) is 0 Å². The predicted octanol–water partition coefficient (Wildman–Crippen LogP) is 2.55. The molecule has 0 heterocycles. The summed E-state index contributed by atoms with van der Waals surface area (Å²) >= 11 is 0. The van der Waals surface area contributed by atoms with Gasteiger partial charge in [-0.05, 0) is 12.8 Å². The standard InChI is InChI=1S/C21H46N3O5P/c1-6-8-10-11-13-14-20(25)19(23-21(26)15-12-9-7-2)18-22-30(27,28)29-17-16-24(3,4)5/h19-20,25H,6-18H2,1-5H3,(H2-,22,23,26,27,28)/t19-,20+/m0/s1. The molecule has 9 heteroatoms. The number of aliphatic hydroxyl groups excluding tert-OH is 1. The van der Waals surface area contributed by atoms with Gasteiger partial charge < -0.3 is 24.3 Å². The lowest BCUT2D eigenvalue weighted by atomic mass is 10.0. The average molecular weight is 452 g/mol. The first-order valence-corrected chi connectivity index (χ1v) is 13.0. The third-order valence-electron chi connectivity index (χ3n) is 4.95. The van der Waals surface area contributed by atoms with E-state index in [1.165, 1.54) is 6.42 Å². The summed E-state index contributed by atoms with van der Waals surface area (Å²) in [5.41, 5.74) is 0. The van der Waals surface area contributed by atoms with E-state index in [0.29, 0.717) is 23.9 Å². The molecule has 0 rings (SSSR count). The van der Waals surface area contributed by atoms with Crippen molar-refractivity contribution in [1.82, 2.24) is 10.4 Å². The van der Waals surface area contributed by atoms with E-state index in [-0.39, 0.29) is 19.1 Å². The third kappa shape index (κ3) is 17.2. The van der Waals surface area contributed by atoms with Gasteiger partial charge in [-0.3, -0.25) is 14.4 Å². The van der Waals surface area contributed by atoms with Gasteiger partial charge in [-0.15, -0.1) is 0 Å². The van der Waals surface area contributed by atoms with Crippen LogP contribution in [-0.4, -0.2) is 68.5 Å². The van der Waals surface area contributed by atoms with Crippen LogP contribution in [0.25, 0.3) is 0 Å². The van der Waals surface area contributed by atoms with Crippen LogP contribution in [0.3, 0.4) is 0 Å². The summed E-state index contributed by atoms with van der Waals surface area (Å²) < 4.78 is 17.8. The molecule has 180 valence electrons. The summed E-state index contributed by atoms with van der Waals surface area (Å²) in [5, 5.41) is 15.8. The quantitative estimate of drug-likeness (QED) is 0.158. The molecule has 0 fully saturated rings. The SMILES string of the molecule is CCCCCCC[C@@H](O)[C@H](CNP(=O)([O-])OCC[N+](C)(C)C)NC(=O)CCCCC. The second-order valence-corrected chi connectivity index (χ2v) is 10.7. The highest BCUT2D eigenvalue weighted by molar-refractivity contribution is 7.49. The second-order valence-electron chi connectivity index (χ2n) is 9.11. The van der Waals surface area contributed by atoms with Crippen LogP contribution in [0.4, 0.5) is 0 Å². The molecule has 0 aliphatic carbocycles. The van der Waals surface area contributed by atoms with E-state index in [2.05, 4.69) is 24.3 Å². The Kier molecular flexibility index (Phi) is 15.9. The molecule has 0 aromatic rings. The van der Waals surface area contributed by atoms with Crippen LogP contribution in [0.1, 0.15) is 78.1 Å². The van der Waals surface area contributed by atoms with Crippen LogP contribution in [0, 0.1) is 0 Å². The van der Waals surface area contributed by atoms with Crippen LogP contribution < -0.4 is 15.3 Å². The highest BCUT2D eigenvalue weighted by Gasteiger charge is 2.23. The summed E-state index contributed by atoms with van der Waals surface area (Å²) in [4.78, 5) is 24.4. The number of hydrogen-bond acceptors (Lipinski definition) is 5. The van der Waals surface area contributed by atoms with Crippen molar-refractivity contribution in [2.45, 2.75) is 90.2 Å². The number of quaternary nitrogens is 1. The fraction of sp³-hybridized carbons (Fsp3) is 0.952. The first kappa shape index (κ1) is 29.5. The largest absolute Gasteiger partial charge is 0.766 e. The normalized spacial score (nSPS) is 16.1. The topological polar surface area (TPSA) is 111 Å². The molecular weight excluding hydrogens is 405 g/mol. The zero-order valence-electron chi connectivity index (χ0n) is 19.8. The summed E-state index contributed by atoms with van der Waals surface area (Å²) in [7, 11) is 1.60. The fourth-order valence-electron chi connectivity index (χ4n) is 2.95. The van der Waals surface area contributed by atoms with E-state index in [1.54, 1.807) is 0 Å². The highest BCUT2D eigenvalue weighted by Crippen LogP contribution is 2.31. The minimum absolute atomic E-state index is 0.0747. The molecule has 0 aromatic heterocycles. The van der Waals surface area contributed by atoms with Gasteiger partial charge in [0.05, 0.1) is 33.3 Å². The minimum atomic E-state index is -4.25. The van der Waals surface area contributed by atoms with Crippen molar-refractivity contribution in [2.24, 2.45) is 0 Å². The van der Waals surface area contributed by atoms with Crippen molar-refractivity contribution < 1.29 is 28.4 Å². The van der Waals surface area contributed by atoms with Gasteiger partial charge in [-0.25, -0.2) is 0 Å². The molecule has 30 heavy (non-hydrogen) atoms. The Morgan fingerprint density at radius 1 is 1.07 bits per heavy atom. The first-order valence-electron chi connectivity index (χ1n) is 11.5. The maximum absolute atomic E-state index is 12.2. The highest BCUT2D eigenvalue weighted by atomic mass is 31.2. The molecule has 0 spiro atoms. The number of carbonyl (C=O) groups is 1. The van der Waals surface area contributed by atoms with Crippen molar-refractivity contribution in [3.8, 4) is 0 Å². The molecule has 0 aromatic carbocycles. The van der Waals surface area contributed by atoms with Gasteiger partial charge >= 0.3 is 0 Å². The Morgan fingerprint density at radius 3 is 2.27 bits per heavy atom. The Hall–Kier alpha value is -0.500. The van der Waals surface area contributed by atoms with Crippen LogP contribution in [0.15, 0.2) is 0 Å². The number of carbonyl (C=O) groups excluding carboxylic acids is 1. The molecule has 3 atom stereocenters. The molecule has 8 nitrogen and oxygen atoms in total. The van der Waals surface area contributed by atoms with Crippen molar-refractivity contribution in [3.63, 3.8) is 0 Å². The summed E-state index contributed by atoms with van der Waals surface area (Å²) in [6.45, 7) is 4.75. The number of aliphatic hydroxyl groups is 1. The second kappa shape index (κ2) is 16.2. The Morgan fingerprint density at radius 2 is 1.67 bits per heavy atom. The van der Waals surface area contributed by atoms with Gasteiger partial charge in [0.15, 0.2) is 0 Å². The van der Waals surface area contributed by atoms with Crippen molar-refractivity contribution in [3.05, 3.63) is 0 Å². The summed E-state index contributed by atoms with van der Waals surface area (Å²) in [6, 6.07) is -0.672. The van der Waals surface area contributed by atoms with Crippen LogP contribution >= 0.6 is 7.75 Å². The lowest BCUT2D eigenvalue weighted by Crippen LogP contribution is -2.49. The van der Waals surface area contributed by atoms with Crippen LogP contribution in [0.2, 0.25) is 0 Å². The van der Waals surface area contributed by atoms with Gasteiger partial charge in [0.25, 0.3) is 0 Å². The monoisotopic (exact) mass is 451 g/mol. The van der Waals surface area contributed by atoms with Gasteiger partial charge in [0.2, 0.25) is 13.7 Å². The van der Waals surface area contributed by atoms with E-state index in [4.69, 9.17) is 4.52 Å². The number of likely N-dealkylation sites (N-methyl/N-ethyl adjacent to an activating group) is 1. The number of nitrogens with one attached hydrogen (secondary N) is 2. The maximum Gasteiger partial charge on any atom is 0.220 e. The number of amides is 1. The number of hydrogen-bond donors (Lipinski definition) is 3. The van der Waals surface area contributed by atoms with E-state index in [0.717, 1.165) is 44.9 Å². The third-order valence-corrected chi connectivity index (χ3v) is 6.04. The van der Waals surface area contributed by atoms with E-state index in [9.17, 15) is 19.4 Å². The number of rotatable bonds is 19. The number of unbranched alkanes of at least 4 members (excludes halogenated alkanes) is 6. The molecule has 0 radical (unpaired) electrons. The Balaban J connectivity index is 4.68. The summed E-state index contributed by atoms with van der Waals surface area (Å²) in [5.74, 6) is -0.160. The zero-order valence-corrected chi connectivity index (χ0v) is 20.7. The first-order chi connectivity index (χ1) is 14.0. The minimum Gasteiger partial charge on any atom is -0.766 e. The van der Waals surface area contributed by atoms with E-state index >= 15 is 0 Å². The molecule has 0 aliphatic heterocycles. The number of nitrogens with zero attached hydrogens (tertiary/aromatic N) is 1. The molecule has 0 saturated carbocycles. The molecule has 1 amide bonds. The van der Waals surface area contributed by atoms with Crippen LogP contribution in [0.5, 0.6) is 0 Å². The average Bonchev–Trinajstić information content (AvgIpc) is 2.63. The molecule has 0 saturated heterocycles. The molecule has 1 unspecified atom stereocenters. The van der Waals surface area contributed by atoms with Gasteiger partial charge in [0.1, 0.15) is 13.2 Å². The van der Waals surface area contributed by atoms with Crippen molar-refractivity contribution in [2.75, 3.05) is 40.8 Å². The van der Waals surface area contributed by atoms with E-state index in [1.807, 2.05) is 21.1 Å². The van der Waals surface area contributed by atoms with Crippen LogP contribution in [-0.2, 0) is 13.9 Å². The van der Waals surface area contributed by atoms with Crippen molar-refractivity contribution in [1.29, 1.82) is 0 Å². The van der Waals surface area contributed by atoms with E-state index < -0.39 is 19.9 Å². The lowest BCUT2D eigenvalue weighted by molar-refractivity contribution is -0.870. The molecular formula is C21H46N3O5P. The summed E-state index contributed by atoms with van der Waals surface area (Å²) in [6.07, 6.45) is 8.15. The smallest absolute Gasteiger partial charge is 0.220 e. The molecule has 0 aliphatic rings. The van der Waals surface area contributed by atoms with Crippen molar-refractivity contribution >= 4 is 13.7 Å². The lowest BCUT2D eigenvalue weighted by Gasteiger charge is -2.31. The van der Waals surface area contributed by atoms with Gasteiger partial charge in [0, 0.05) is 13.0 Å². The zero-order chi connectivity index (χ0) is 23.0. The molecule has 3 N–H and O–H groups in total. The predicted molar refractivity (Wildman–Crippen MR) is 120 cm³/mol. The maximum atomic E-state index is 12.2. The molecule has 0 bridgehead atoms. The van der Waals surface area contributed by atoms with Gasteiger partial charge in [-0.1, -0.05) is 58.8 Å².